The average molecular weight is 407 g/mol. The second-order valence-corrected chi connectivity index (χ2v) is 7.21. The first-order valence-electron chi connectivity index (χ1n) is 10.1. The maximum atomic E-state index is 13.2. The molecular weight excluding hydrogens is 382 g/mol. The van der Waals surface area contributed by atoms with Gasteiger partial charge in [0.1, 0.15) is 17.0 Å². The third-order valence-electron chi connectivity index (χ3n) is 5.47. The molecule has 1 aliphatic heterocycles. The Morgan fingerprint density at radius 1 is 1.07 bits per heavy atom. The van der Waals surface area contributed by atoms with Crippen LogP contribution in [0.15, 0.2) is 52.9 Å². The summed E-state index contributed by atoms with van der Waals surface area (Å²) in [5, 5.41) is 3.59. The number of amides is 2. The van der Waals surface area contributed by atoms with E-state index < -0.39 is 0 Å². The van der Waals surface area contributed by atoms with Crippen molar-refractivity contribution in [3.63, 3.8) is 0 Å². The molecule has 30 heavy (non-hydrogen) atoms. The average Bonchev–Trinajstić information content (AvgIpc) is 3.17. The molecule has 2 aromatic carbocycles. The van der Waals surface area contributed by atoms with Crippen molar-refractivity contribution in [1.29, 1.82) is 0 Å². The summed E-state index contributed by atoms with van der Waals surface area (Å²) in [6, 6.07) is 14.2. The fourth-order valence-electron chi connectivity index (χ4n) is 3.68. The van der Waals surface area contributed by atoms with Crippen LogP contribution in [0.5, 0.6) is 5.75 Å². The molecule has 4 rings (SSSR count). The molecule has 7 nitrogen and oxygen atoms in total. The van der Waals surface area contributed by atoms with Gasteiger partial charge in [0, 0.05) is 37.1 Å². The number of rotatable bonds is 5. The number of hydrogen-bond donors (Lipinski definition) is 1. The Hall–Kier alpha value is -3.32. The molecule has 2 amide bonds. The van der Waals surface area contributed by atoms with Crippen molar-refractivity contribution >= 4 is 28.5 Å². The zero-order chi connectivity index (χ0) is 21.1. The molecule has 7 heteroatoms. The Kier molecular flexibility index (Phi) is 5.72. The second kappa shape index (κ2) is 8.59. The summed E-state index contributed by atoms with van der Waals surface area (Å²) in [4.78, 5) is 30.2. The molecule has 0 aliphatic carbocycles. The molecular formula is C23H25N3O4. The summed E-state index contributed by atoms with van der Waals surface area (Å²) in [7, 11) is 1.55. The summed E-state index contributed by atoms with van der Waals surface area (Å²) in [5.41, 5.74) is 1.41. The van der Waals surface area contributed by atoms with Crippen LogP contribution >= 0.6 is 0 Å². The Bertz CT molecular complexity index is 1070. The van der Waals surface area contributed by atoms with E-state index in [1.54, 1.807) is 42.3 Å². The molecule has 0 saturated carbocycles. The molecule has 1 N–H and O–H groups in total. The fourth-order valence-corrected chi connectivity index (χ4v) is 3.68. The van der Waals surface area contributed by atoms with Crippen LogP contribution in [0.1, 0.15) is 27.8 Å². The number of hydrogen-bond acceptors (Lipinski definition) is 5. The van der Waals surface area contributed by atoms with E-state index in [9.17, 15) is 9.59 Å². The highest BCUT2D eigenvalue weighted by Crippen LogP contribution is 2.32. The Labute approximate surface area is 175 Å². The second-order valence-electron chi connectivity index (χ2n) is 7.21. The highest BCUT2D eigenvalue weighted by Gasteiger charge is 2.28. The summed E-state index contributed by atoms with van der Waals surface area (Å²) in [5.74, 6) is 0.218. The van der Waals surface area contributed by atoms with E-state index in [1.807, 2.05) is 18.2 Å². The van der Waals surface area contributed by atoms with Gasteiger partial charge < -0.3 is 24.3 Å². The van der Waals surface area contributed by atoms with Gasteiger partial charge in [-0.3, -0.25) is 9.59 Å². The molecule has 1 aliphatic rings. The predicted octanol–water partition coefficient (Wildman–Crippen LogP) is 3.47. The summed E-state index contributed by atoms with van der Waals surface area (Å²) < 4.78 is 11.1. The number of fused-ring (bicyclic) bond motifs is 1. The van der Waals surface area contributed by atoms with Crippen LogP contribution < -0.4 is 10.1 Å². The number of carbonyl (C=O) groups excluding carboxylic acids is 2. The number of nitrogens with zero attached hydrogens (tertiary/aromatic N) is 2. The number of piperazine rings is 1. The molecule has 0 bridgehead atoms. The van der Waals surface area contributed by atoms with Crippen LogP contribution in [0.4, 0.5) is 5.69 Å². The molecule has 1 fully saturated rings. The first-order chi connectivity index (χ1) is 14.6. The standard InChI is InChI=1S/C23H25N3O4/c1-3-25-11-13-26(14-12-25)23(28)21-20(18-9-4-5-10-19(18)30-21)24-22(27)16-7-6-8-17(15-16)29-2/h4-10,15H,3,11-14H2,1-2H3,(H,24,27). The van der Waals surface area contributed by atoms with E-state index >= 15 is 0 Å². The third kappa shape index (κ3) is 3.89. The zero-order valence-corrected chi connectivity index (χ0v) is 17.2. The van der Waals surface area contributed by atoms with Gasteiger partial charge in [-0.2, -0.15) is 0 Å². The van der Waals surface area contributed by atoms with Crippen LogP contribution in [0, 0.1) is 0 Å². The van der Waals surface area contributed by atoms with Crippen LogP contribution in [0.2, 0.25) is 0 Å². The lowest BCUT2D eigenvalue weighted by Gasteiger charge is -2.33. The maximum Gasteiger partial charge on any atom is 0.291 e. The molecule has 1 aromatic heterocycles. The van der Waals surface area contributed by atoms with E-state index in [0.717, 1.165) is 19.6 Å². The fraction of sp³-hybridized carbons (Fsp3) is 0.304. The molecule has 0 radical (unpaired) electrons. The normalized spacial score (nSPS) is 14.7. The first kappa shape index (κ1) is 20.0. The number of methoxy groups -OCH3 is 1. The molecule has 1 saturated heterocycles. The Morgan fingerprint density at radius 2 is 1.83 bits per heavy atom. The number of carbonyl (C=O) groups is 2. The zero-order valence-electron chi connectivity index (χ0n) is 17.2. The quantitative estimate of drug-likeness (QED) is 0.701. The van der Waals surface area contributed by atoms with E-state index in [1.165, 1.54) is 0 Å². The SMILES string of the molecule is CCN1CCN(C(=O)c2oc3ccccc3c2NC(=O)c2cccc(OC)c2)CC1. The van der Waals surface area contributed by atoms with Crippen LogP contribution in [0.25, 0.3) is 11.0 Å². The number of furan rings is 1. The largest absolute Gasteiger partial charge is 0.497 e. The van der Waals surface area contributed by atoms with Crippen molar-refractivity contribution in [2.75, 3.05) is 45.2 Å². The molecule has 0 atom stereocenters. The first-order valence-corrected chi connectivity index (χ1v) is 10.1. The molecule has 156 valence electrons. The van der Waals surface area contributed by atoms with Crippen LogP contribution in [-0.2, 0) is 0 Å². The number of ether oxygens (including phenoxy) is 1. The topological polar surface area (TPSA) is 75.0 Å². The van der Waals surface area contributed by atoms with E-state index in [0.29, 0.717) is 41.1 Å². The number of para-hydroxylation sites is 1. The number of nitrogens with one attached hydrogen (secondary N) is 1. The lowest BCUT2D eigenvalue weighted by atomic mass is 10.1. The lowest BCUT2D eigenvalue weighted by molar-refractivity contribution is 0.0616. The molecule has 0 spiro atoms. The summed E-state index contributed by atoms with van der Waals surface area (Å²) in [6.07, 6.45) is 0. The van der Waals surface area contributed by atoms with Crippen molar-refractivity contribution in [3.8, 4) is 5.75 Å². The van der Waals surface area contributed by atoms with Gasteiger partial charge >= 0.3 is 0 Å². The van der Waals surface area contributed by atoms with Crippen molar-refractivity contribution in [3.05, 3.63) is 59.9 Å². The smallest absolute Gasteiger partial charge is 0.291 e. The van der Waals surface area contributed by atoms with Gasteiger partial charge in [0.2, 0.25) is 5.76 Å². The van der Waals surface area contributed by atoms with Crippen LogP contribution in [0.3, 0.4) is 0 Å². The van der Waals surface area contributed by atoms with Gasteiger partial charge in [-0.1, -0.05) is 25.1 Å². The van der Waals surface area contributed by atoms with Crippen molar-refractivity contribution in [2.45, 2.75) is 6.92 Å². The minimum atomic E-state index is -0.328. The monoisotopic (exact) mass is 407 g/mol. The van der Waals surface area contributed by atoms with Gasteiger partial charge in [0.15, 0.2) is 0 Å². The Morgan fingerprint density at radius 3 is 2.57 bits per heavy atom. The minimum Gasteiger partial charge on any atom is -0.497 e. The number of likely N-dealkylation sites (N-methyl/N-ethyl adjacent to an activating group) is 1. The van der Waals surface area contributed by atoms with E-state index in [2.05, 4.69) is 17.1 Å². The minimum absolute atomic E-state index is 0.164. The number of benzene rings is 2. The highest BCUT2D eigenvalue weighted by molar-refractivity contribution is 6.14. The van der Waals surface area contributed by atoms with Crippen molar-refractivity contribution in [2.24, 2.45) is 0 Å². The van der Waals surface area contributed by atoms with E-state index in [-0.39, 0.29) is 17.6 Å². The molecule has 0 unspecified atom stereocenters. The van der Waals surface area contributed by atoms with Gasteiger partial charge in [-0.05, 0) is 36.9 Å². The highest BCUT2D eigenvalue weighted by atomic mass is 16.5. The number of anilines is 1. The van der Waals surface area contributed by atoms with Gasteiger partial charge in [-0.25, -0.2) is 0 Å². The third-order valence-corrected chi connectivity index (χ3v) is 5.47. The molecule has 3 aromatic rings. The van der Waals surface area contributed by atoms with Gasteiger partial charge in [0.05, 0.1) is 7.11 Å². The van der Waals surface area contributed by atoms with Crippen molar-refractivity contribution < 1.29 is 18.7 Å². The lowest BCUT2D eigenvalue weighted by Crippen LogP contribution is -2.48. The molecule has 2 heterocycles. The maximum absolute atomic E-state index is 13.2. The predicted molar refractivity (Wildman–Crippen MR) is 115 cm³/mol. The van der Waals surface area contributed by atoms with Gasteiger partial charge in [-0.15, -0.1) is 0 Å². The van der Waals surface area contributed by atoms with Crippen LogP contribution in [-0.4, -0.2) is 61.4 Å². The summed E-state index contributed by atoms with van der Waals surface area (Å²) in [6.45, 7) is 6.00. The summed E-state index contributed by atoms with van der Waals surface area (Å²) >= 11 is 0. The Balaban J connectivity index is 1.65. The van der Waals surface area contributed by atoms with Gasteiger partial charge in [0.25, 0.3) is 11.8 Å². The van der Waals surface area contributed by atoms with E-state index in [4.69, 9.17) is 9.15 Å². The van der Waals surface area contributed by atoms with Crippen molar-refractivity contribution in [1.82, 2.24) is 9.80 Å².